The van der Waals surface area contributed by atoms with Gasteiger partial charge >= 0.3 is 0 Å². The normalized spacial score (nSPS) is 12.8. The standard InChI is InChI=1S/C43H34O2/c1-4-44-27(2)21-24-32-28(3)45-43-38-20-12-7-15-33(38)39(26-40(32)43)42-36-18-10-8-16-34(36)41(35-17-9-11-19-37(35)42)31-23-22-29-13-5-6-14-30(29)25-31/h5-27H,4H2,1-3H3/b24-21-. The van der Waals surface area contributed by atoms with E-state index in [9.17, 15) is 0 Å². The fourth-order valence-electron chi connectivity index (χ4n) is 7.10. The fourth-order valence-corrected chi connectivity index (χ4v) is 7.10. The van der Waals surface area contributed by atoms with Crippen molar-refractivity contribution in [1.29, 1.82) is 0 Å². The Morgan fingerprint density at radius 3 is 1.87 bits per heavy atom. The lowest BCUT2D eigenvalue weighted by Gasteiger charge is -2.19. The van der Waals surface area contributed by atoms with Gasteiger partial charge in [0, 0.05) is 22.9 Å². The summed E-state index contributed by atoms with van der Waals surface area (Å²) in [4.78, 5) is 0. The molecule has 1 heterocycles. The molecule has 218 valence electrons. The molecule has 1 atom stereocenters. The lowest BCUT2D eigenvalue weighted by molar-refractivity contribution is 0.110. The van der Waals surface area contributed by atoms with E-state index in [2.05, 4.69) is 147 Å². The van der Waals surface area contributed by atoms with Gasteiger partial charge in [-0.1, -0.05) is 121 Å². The third-order valence-electron chi connectivity index (χ3n) is 9.12. The van der Waals surface area contributed by atoms with Crippen molar-refractivity contribution in [3.63, 3.8) is 0 Å². The van der Waals surface area contributed by atoms with E-state index >= 15 is 0 Å². The van der Waals surface area contributed by atoms with Gasteiger partial charge in [-0.15, -0.1) is 0 Å². The Balaban J connectivity index is 1.47. The third-order valence-corrected chi connectivity index (χ3v) is 9.12. The van der Waals surface area contributed by atoms with E-state index in [0.717, 1.165) is 27.7 Å². The molecule has 0 saturated heterocycles. The monoisotopic (exact) mass is 582 g/mol. The number of hydrogen-bond donors (Lipinski definition) is 0. The van der Waals surface area contributed by atoms with Gasteiger partial charge in [-0.3, -0.25) is 0 Å². The molecule has 0 N–H and O–H groups in total. The van der Waals surface area contributed by atoms with E-state index in [-0.39, 0.29) is 6.10 Å². The van der Waals surface area contributed by atoms with Crippen LogP contribution >= 0.6 is 0 Å². The second-order valence-corrected chi connectivity index (χ2v) is 11.8. The molecule has 0 radical (unpaired) electrons. The molecule has 45 heavy (non-hydrogen) atoms. The van der Waals surface area contributed by atoms with Crippen LogP contribution in [0.25, 0.3) is 82.4 Å². The molecule has 0 spiro atoms. The van der Waals surface area contributed by atoms with E-state index < -0.39 is 0 Å². The van der Waals surface area contributed by atoms with Crippen molar-refractivity contribution in [3.05, 3.63) is 139 Å². The molecule has 0 aliphatic rings. The van der Waals surface area contributed by atoms with E-state index in [1.54, 1.807) is 0 Å². The van der Waals surface area contributed by atoms with Gasteiger partial charge in [-0.2, -0.15) is 0 Å². The van der Waals surface area contributed by atoms with Crippen molar-refractivity contribution in [2.45, 2.75) is 26.9 Å². The molecule has 1 aromatic heterocycles. The average Bonchev–Trinajstić information content (AvgIpc) is 3.40. The molecule has 0 aliphatic carbocycles. The highest BCUT2D eigenvalue weighted by atomic mass is 16.5. The first-order valence-corrected chi connectivity index (χ1v) is 15.8. The molecule has 0 fully saturated rings. The summed E-state index contributed by atoms with van der Waals surface area (Å²) in [6.07, 6.45) is 4.31. The summed E-state index contributed by atoms with van der Waals surface area (Å²) in [6.45, 7) is 6.85. The van der Waals surface area contributed by atoms with Crippen LogP contribution in [0.1, 0.15) is 25.2 Å². The molecular formula is C43H34O2. The fraction of sp³-hybridized carbons (Fsp3) is 0.116. The molecule has 0 saturated carbocycles. The molecule has 2 nitrogen and oxygen atoms in total. The number of aryl methyl sites for hydroxylation is 1. The summed E-state index contributed by atoms with van der Waals surface area (Å²) in [5, 5.41) is 10.9. The maximum atomic E-state index is 6.49. The summed E-state index contributed by atoms with van der Waals surface area (Å²) in [7, 11) is 0. The van der Waals surface area contributed by atoms with E-state index in [0.29, 0.717) is 6.61 Å². The average molecular weight is 583 g/mol. The smallest absolute Gasteiger partial charge is 0.142 e. The Hall–Kier alpha value is -5.18. The quantitative estimate of drug-likeness (QED) is 0.182. The van der Waals surface area contributed by atoms with Crippen molar-refractivity contribution >= 4 is 60.1 Å². The number of hydrogen-bond acceptors (Lipinski definition) is 2. The molecule has 0 aliphatic heterocycles. The minimum Gasteiger partial charge on any atom is -0.460 e. The van der Waals surface area contributed by atoms with Crippen molar-refractivity contribution in [1.82, 2.24) is 0 Å². The van der Waals surface area contributed by atoms with Crippen LogP contribution in [-0.2, 0) is 4.74 Å². The molecule has 0 bridgehead atoms. The maximum Gasteiger partial charge on any atom is 0.142 e. The largest absolute Gasteiger partial charge is 0.460 e. The molecule has 8 rings (SSSR count). The molecule has 7 aromatic carbocycles. The summed E-state index contributed by atoms with van der Waals surface area (Å²) < 4.78 is 12.3. The van der Waals surface area contributed by atoms with Crippen molar-refractivity contribution in [2.24, 2.45) is 0 Å². The van der Waals surface area contributed by atoms with Gasteiger partial charge in [0.2, 0.25) is 0 Å². The third kappa shape index (κ3) is 4.53. The topological polar surface area (TPSA) is 22.4 Å². The second kappa shape index (κ2) is 11.1. The first kappa shape index (κ1) is 27.4. The van der Waals surface area contributed by atoms with Crippen LogP contribution in [0.2, 0.25) is 0 Å². The number of rotatable bonds is 6. The van der Waals surface area contributed by atoms with Crippen LogP contribution < -0.4 is 0 Å². The van der Waals surface area contributed by atoms with Gasteiger partial charge in [0.15, 0.2) is 0 Å². The van der Waals surface area contributed by atoms with Crippen LogP contribution in [0, 0.1) is 6.92 Å². The highest BCUT2D eigenvalue weighted by Gasteiger charge is 2.21. The van der Waals surface area contributed by atoms with Crippen LogP contribution in [0.4, 0.5) is 0 Å². The number of benzene rings is 7. The Bertz CT molecular complexity index is 2370. The van der Waals surface area contributed by atoms with Crippen LogP contribution in [0.3, 0.4) is 0 Å². The Kier molecular flexibility index (Phi) is 6.73. The highest BCUT2D eigenvalue weighted by molar-refractivity contribution is 6.25. The predicted molar refractivity (Wildman–Crippen MR) is 192 cm³/mol. The van der Waals surface area contributed by atoms with Gasteiger partial charge in [0.1, 0.15) is 11.3 Å². The zero-order chi connectivity index (χ0) is 30.5. The SMILES string of the molecule is CCOC(C)/C=C\c1c(C)oc2c1cc(-c1c3ccccc3c(-c3ccc4ccccc4c3)c3ccccc13)c1ccccc12. The van der Waals surface area contributed by atoms with Gasteiger partial charge in [0.05, 0.1) is 6.10 Å². The molecule has 1 unspecified atom stereocenters. The Morgan fingerprint density at radius 1 is 0.622 bits per heavy atom. The van der Waals surface area contributed by atoms with Crippen LogP contribution in [0.15, 0.2) is 132 Å². The first-order chi connectivity index (χ1) is 22.1. The highest BCUT2D eigenvalue weighted by Crippen LogP contribution is 2.47. The molecular weight excluding hydrogens is 548 g/mol. The van der Waals surface area contributed by atoms with Crippen molar-refractivity contribution in [2.75, 3.05) is 6.61 Å². The molecule has 0 amide bonds. The van der Waals surface area contributed by atoms with E-state index in [1.165, 1.54) is 60.0 Å². The van der Waals surface area contributed by atoms with Gasteiger partial charge in [0.25, 0.3) is 0 Å². The first-order valence-electron chi connectivity index (χ1n) is 15.8. The van der Waals surface area contributed by atoms with E-state index in [1.807, 2.05) is 6.92 Å². The van der Waals surface area contributed by atoms with Crippen LogP contribution in [0.5, 0.6) is 0 Å². The zero-order valence-electron chi connectivity index (χ0n) is 25.8. The Labute approximate surface area is 263 Å². The molecule has 2 heteroatoms. The van der Waals surface area contributed by atoms with E-state index in [4.69, 9.17) is 9.15 Å². The second-order valence-electron chi connectivity index (χ2n) is 11.8. The minimum atomic E-state index is 0.0230. The van der Waals surface area contributed by atoms with Crippen LogP contribution in [-0.4, -0.2) is 12.7 Å². The van der Waals surface area contributed by atoms with Crippen molar-refractivity contribution < 1.29 is 9.15 Å². The summed E-state index contributed by atoms with van der Waals surface area (Å²) in [6, 6.07) is 44.2. The van der Waals surface area contributed by atoms with Gasteiger partial charge < -0.3 is 9.15 Å². The maximum absolute atomic E-state index is 6.49. The summed E-state index contributed by atoms with van der Waals surface area (Å²) in [5.41, 5.74) is 6.99. The summed E-state index contributed by atoms with van der Waals surface area (Å²) >= 11 is 0. The van der Waals surface area contributed by atoms with Crippen molar-refractivity contribution in [3.8, 4) is 22.3 Å². The van der Waals surface area contributed by atoms with Gasteiger partial charge in [-0.25, -0.2) is 0 Å². The van der Waals surface area contributed by atoms with Gasteiger partial charge in [-0.05, 0) is 92.9 Å². The predicted octanol–water partition coefficient (Wildman–Crippen LogP) is 12.1. The lowest BCUT2D eigenvalue weighted by atomic mass is 9.84. The molecule has 8 aromatic rings. The number of furan rings is 1. The summed E-state index contributed by atoms with van der Waals surface area (Å²) in [5.74, 6) is 0.911. The number of ether oxygens (including phenoxy) is 1. The minimum absolute atomic E-state index is 0.0230. The Morgan fingerprint density at radius 2 is 1.20 bits per heavy atom. The lowest BCUT2D eigenvalue weighted by Crippen LogP contribution is -2.02. The zero-order valence-corrected chi connectivity index (χ0v) is 25.8. The number of fused-ring (bicyclic) bond motifs is 6.